The van der Waals surface area contributed by atoms with Crippen molar-refractivity contribution in [2.24, 2.45) is 5.92 Å². The van der Waals surface area contributed by atoms with Crippen molar-refractivity contribution < 1.29 is 4.79 Å². The highest BCUT2D eigenvalue weighted by atomic mass is 16.2. The molecule has 1 heterocycles. The maximum absolute atomic E-state index is 11.5. The molecular formula is C10H19NO. The minimum absolute atomic E-state index is 0.325. The number of amides is 1. The average Bonchev–Trinajstić information content (AvgIpc) is 2.15. The molecule has 1 atom stereocenters. The van der Waals surface area contributed by atoms with Crippen molar-refractivity contribution in [2.45, 2.75) is 45.6 Å². The van der Waals surface area contributed by atoms with E-state index < -0.39 is 0 Å². The third-order valence-electron chi connectivity index (χ3n) is 2.80. The summed E-state index contributed by atoms with van der Waals surface area (Å²) in [5.74, 6) is 0.920. The van der Waals surface area contributed by atoms with Gasteiger partial charge in [0, 0.05) is 19.5 Å². The quantitative estimate of drug-likeness (QED) is 0.588. The second-order valence-corrected chi connectivity index (χ2v) is 4.06. The van der Waals surface area contributed by atoms with Crippen molar-refractivity contribution in [3.63, 3.8) is 0 Å². The summed E-state index contributed by atoms with van der Waals surface area (Å²) >= 11 is 0. The standard InChI is InChI=1S/C10H19NO/c1-8(2)9-6-4-5-7-10(12)11(9)3/h8-9H,4-7H2,1-3H3. The van der Waals surface area contributed by atoms with E-state index in [1.165, 1.54) is 12.8 Å². The van der Waals surface area contributed by atoms with Gasteiger partial charge < -0.3 is 4.90 Å². The number of carbonyl (C=O) groups excluding carboxylic acids is 1. The van der Waals surface area contributed by atoms with Gasteiger partial charge in [0.1, 0.15) is 0 Å². The highest BCUT2D eigenvalue weighted by Crippen LogP contribution is 2.21. The maximum Gasteiger partial charge on any atom is 0.222 e. The number of hydrogen-bond donors (Lipinski definition) is 0. The Hall–Kier alpha value is -0.530. The van der Waals surface area contributed by atoms with Gasteiger partial charge in [-0.05, 0) is 18.8 Å². The summed E-state index contributed by atoms with van der Waals surface area (Å²) in [6.45, 7) is 4.39. The molecule has 0 radical (unpaired) electrons. The van der Waals surface area contributed by atoms with E-state index in [1.54, 1.807) is 0 Å². The third-order valence-corrected chi connectivity index (χ3v) is 2.80. The van der Waals surface area contributed by atoms with Crippen LogP contribution in [0.5, 0.6) is 0 Å². The van der Waals surface area contributed by atoms with Crippen molar-refractivity contribution in [3.8, 4) is 0 Å². The van der Waals surface area contributed by atoms with E-state index in [9.17, 15) is 4.79 Å². The van der Waals surface area contributed by atoms with Crippen LogP contribution in [0.15, 0.2) is 0 Å². The molecule has 1 rings (SSSR count). The predicted molar refractivity (Wildman–Crippen MR) is 49.9 cm³/mol. The summed E-state index contributed by atoms with van der Waals surface area (Å²) in [6.07, 6.45) is 4.21. The van der Waals surface area contributed by atoms with Crippen LogP contribution in [0.1, 0.15) is 39.5 Å². The lowest BCUT2D eigenvalue weighted by Crippen LogP contribution is -2.38. The topological polar surface area (TPSA) is 20.3 Å². The Morgan fingerprint density at radius 1 is 1.42 bits per heavy atom. The van der Waals surface area contributed by atoms with Crippen molar-refractivity contribution in [1.29, 1.82) is 0 Å². The fourth-order valence-electron chi connectivity index (χ4n) is 1.97. The van der Waals surface area contributed by atoms with Crippen molar-refractivity contribution in [1.82, 2.24) is 4.90 Å². The monoisotopic (exact) mass is 169 g/mol. The fraction of sp³-hybridized carbons (Fsp3) is 0.900. The Morgan fingerprint density at radius 3 is 2.67 bits per heavy atom. The van der Waals surface area contributed by atoms with Gasteiger partial charge in [-0.3, -0.25) is 4.79 Å². The minimum atomic E-state index is 0.325. The van der Waals surface area contributed by atoms with Crippen LogP contribution in [0.3, 0.4) is 0 Å². The Labute approximate surface area is 74.9 Å². The molecule has 1 aliphatic rings. The van der Waals surface area contributed by atoms with Crippen LogP contribution in [0.2, 0.25) is 0 Å². The lowest BCUT2D eigenvalue weighted by Gasteiger charge is -2.29. The molecule has 1 saturated heterocycles. The molecule has 0 bridgehead atoms. The molecule has 1 unspecified atom stereocenters. The highest BCUT2D eigenvalue weighted by molar-refractivity contribution is 5.76. The predicted octanol–water partition coefficient (Wildman–Crippen LogP) is 2.04. The van der Waals surface area contributed by atoms with Crippen LogP contribution < -0.4 is 0 Å². The van der Waals surface area contributed by atoms with Crippen molar-refractivity contribution in [3.05, 3.63) is 0 Å². The van der Waals surface area contributed by atoms with Gasteiger partial charge in [0.2, 0.25) is 5.91 Å². The average molecular weight is 169 g/mol. The van der Waals surface area contributed by atoms with E-state index in [4.69, 9.17) is 0 Å². The molecule has 0 aromatic carbocycles. The summed E-state index contributed by atoms with van der Waals surface area (Å²) in [6, 6.07) is 0.472. The first-order valence-electron chi connectivity index (χ1n) is 4.88. The molecule has 0 saturated carbocycles. The van der Waals surface area contributed by atoms with Crippen LogP contribution in [-0.4, -0.2) is 23.9 Å². The largest absolute Gasteiger partial charge is 0.343 e. The summed E-state index contributed by atoms with van der Waals surface area (Å²) in [5.41, 5.74) is 0. The molecule has 2 nitrogen and oxygen atoms in total. The zero-order valence-corrected chi connectivity index (χ0v) is 8.34. The van der Waals surface area contributed by atoms with Gasteiger partial charge in [0.25, 0.3) is 0 Å². The summed E-state index contributed by atoms with van der Waals surface area (Å²) < 4.78 is 0. The molecule has 2 heteroatoms. The first-order valence-corrected chi connectivity index (χ1v) is 4.88. The second kappa shape index (κ2) is 3.92. The molecular weight excluding hydrogens is 150 g/mol. The fourth-order valence-corrected chi connectivity index (χ4v) is 1.97. The lowest BCUT2D eigenvalue weighted by atomic mass is 9.99. The first kappa shape index (κ1) is 9.56. The molecule has 12 heavy (non-hydrogen) atoms. The molecule has 0 aromatic heterocycles. The Bertz CT molecular complexity index is 165. The number of carbonyl (C=O) groups is 1. The van der Waals surface area contributed by atoms with E-state index >= 15 is 0 Å². The van der Waals surface area contributed by atoms with Gasteiger partial charge >= 0.3 is 0 Å². The van der Waals surface area contributed by atoms with Gasteiger partial charge in [-0.15, -0.1) is 0 Å². The van der Waals surface area contributed by atoms with Crippen LogP contribution in [0, 0.1) is 5.92 Å². The normalized spacial score (nSPS) is 26.2. The minimum Gasteiger partial charge on any atom is -0.343 e. The molecule has 0 aromatic rings. The first-order chi connectivity index (χ1) is 5.63. The molecule has 1 aliphatic heterocycles. The second-order valence-electron chi connectivity index (χ2n) is 4.06. The van der Waals surface area contributed by atoms with E-state index in [0.29, 0.717) is 17.9 Å². The van der Waals surface area contributed by atoms with Crippen molar-refractivity contribution >= 4 is 5.91 Å². The molecule has 0 N–H and O–H groups in total. The van der Waals surface area contributed by atoms with Gasteiger partial charge in [0.15, 0.2) is 0 Å². The Morgan fingerprint density at radius 2 is 2.08 bits per heavy atom. The van der Waals surface area contributed by atoms with Gasteiger partial charge in [-0.2, -0.15) is 0 Å². The third kappa shape index (κ3) is 1.99. The van der Waals surface area contributed by atoms with E-state index in [0.717, 1.165) is 12.8 Å². The molecule has 0 spiro atoms. The number of likely N-dealkylation sites (tertiary alicyclic amines) is 1. The van der Waals surface area contributed by atoms with Crippen molar-refractivity contribution in [2.75, 3.05) is 7.05 Å². The van der Waals surface area contributed by atoms with Crippen LogP contribution in [0.4, 0.5) is 0 Å². The molecule has 0 aliphatic carbocycles. The molecule has 70 valence electrons. The summed E-state index contributed by atoms with van der Waals surface area (Å²) in [4.78, 5) is 13.4. The number of nitrogens with zero attached hydrogens (tertiary/aromatic N) is 1. The van der Waals surface area contributed by atoms with Crippen LogP contribution >= 0.6 is 0 Å². The van der Waals surface area contributed by atoms with Crippen LogP contribution in [-0.2, 0) is 4.79 Å². The summed E-state index contributed by atoms with van der Waals surface area (Å²) in [5, 5.41) is 0. The van der Waals surface area contributed by atoms with E-state index in [2.05, 4.69) is 13.8 Å². The van der Waals surface area contributed by atoms with Gasteiger partial charge in [-0.1, -0.05) is 20.3 Å². The smallest absolute Gasteiger partial charge is 0.222 e. The SMILES string of the molecule is CC(C)C1CCCCC(=O)N1C. The Balaban J connectivity index is 2.64. The van der Waals surface area contributed by atoms with Gasteiger partial charge in [-0.25, -0.2) is 0 Å². The Kier molecular flexibility index (Phi) is 3.12. The maximum atomic E-state index is 11.5. The summed E-state index contributed by atoms with van der Waals surface area (Å²) in [7, 11) is 1.94. The number of rotatable bonds is 1. The lowest BCUT2D eigenvalue weighted by molar-refractivity contribution is -0.132. The molecule has 1 fully saturated rings. The van der Waals surface area contributed by atoms with E-state index in [1.807, 2.05) is 11.9 Å². The number of hydrogen-bond acceptors (Lipinski definition) is 1. The van der Waals surface area contributed by atoms with Gasteiger partial charge in [0.05, 0.1) is 0 Å². The molecule has 1 amide bonds. The van der Waals surface area contributed by atoms with Crippen LogP contribution in [0.25, 0.3) is 0 Å². The zero-order valence-electron chi connectivity index (χ0n) is 8.34. The zero-order chi connectivity index (χ0) is 9.14. The highest BCUT2D eigenvalue weighted by Gasteiger charge is 2.24. The van der Waals surface area contributed by atoms with E-state index in [-0.39, 0.29) is 0 Å².